The van der Waals surface area contributed by atoms with Crippen molar-refractivity contribution in [2.45, 2.75) is 20.3 Å². The van der Waals surface area contributed by atoms with Crippen LogP contribution in [0.2, 0.25) is 0 Å². The molecule has 19 heavy (non-hydrogen) atoms. The fourth-order valence-electron chi connectivity index (χ4n) is 1.95. The van der Waals surface area contributed by atoms with E-state index in [0.29, 0.717) is 0 Å². The van der Waals surface area contributed by atoms with Crippen molar-refractivity contribution < 1.29 is 0 Å². The van der Waals surface area contributed by atoms with Gasteiger partial charge in [0.15, 0.2) is 0 Å². The van der Waals surface area contributed by atoms with Gasteiger partial charge < -0.3 is 5.32 Å². The number of hydrogen-bond acceptors (Lipinski definition) is 6. The van der Waals surface area contributed by atoms with Gasteiger partial charge >= 0.3 is 0 Å². The van der Waals surface area contributed by atoms with Crippen LogP contribution < -0.4 is 5.32 Å². The Morgan fingerprint density at radius 3 is 2.95 bits per heavy atom. The summed E-state index contributed by atoms with van der Waals surface area (Å²) in [7, 11) is 0. The number of nitrogens with zero attached hydrogens (tertiary/aromatic N) is 3. The van der Waals surface area contributed by atoms with Crippen LogP contribution in [-0.2, 0) is 6.42 Å². The van der Waals surface area contributed by atoms with E-state index in [0.717, 1.165) is 39.7 Å². The highest BCUT2D eigenvalue weighted by molar-refractivity contribution is 7.18. The molecule has 3 aromatic heterocycles. The average molecular weight is 290 g/mol. The smallest absolute Gasteiger partial charge is 0.138 e. The molecule has 0 radical (unpaired) electrons. The van der Waals surface area contributed by atoms with Gasteiger partial charge in [0.1, 0.15) is 17.0 Å². The van der Waals surface area contributed by atoms with E-state index in [1.165, 1.54) is 4.88 Å². The van der Waals surface area contributed by atoms with Crippen LogP contribution in [0.4, 0.5) is 5.82 Å². The lowest BCUT2D eigenvalue weighted by molar-refractivity contribution is 0.961. The number of thiophene rings is 1. The third-order valence-electron chi connectivity index (χ3n) is 2.79. The van der Waals surface area contributed by atoms with Crippen LogP contribution >= 0.6 is 22.7 Å². The van der Waals surface area contributed by atoms with Crippen molar-refractivity contribution in [1.82, 2.24) is 15.0 Å². The molecule has 0 unspecified atom stereocenters. The zero-order valence-corrected chi connectivity index (χ0v) is 12.4. The standard InChI is InChI=1S/C13H14N4S2/c1-8-5-11-12(15-7-16-13(11)19-8)14-4-3-10-6-18-9(2)17-10/h5-7H,3-4H2,1-2H3,(H,14,15,16). The normalized spacial score (nSPS) is 11.1. The summed E-state index contributed by atoms with van der Waals surface area (Å²) in [5.41, 5.74) is 1.14. The Morgan fingerprint density at radius 2 is 2.16 bits per heavy atom. The number of aryl methyl sites for hydroxylation is 2. The van der Waals surface area contributed by atoms with E-state index in [4.69, 9.17) is 0 Å². The summed E-state index contributed by atoms with van der Waals surface area (Å²) < 4.78 is 0. The summed E-state index contributed by atoms with van der Waals surface area (Å²) >= 11 is 3.39. The van der Waals surface area contributed by atoms with Gasteiger partial charge in [-0.15, -0.1) is 22.7 Å². The number of aromatic nitrogens is 3. The van der Waals surface area contributed by atoms with Gasteiger partial charge in [0.2, 0.25) is 0 Å². The van der Waals surface area contributed by atoms with Crippen LogP contribution in [0.3, 0.4) is 0 Å². The van der Waals surface area contributed by atoms with E-state index in [-0.39, 0.29) is 0 Å². The van der Waals surface area contributed by atoms with Crippen molar-refractivity contribution in [2.75, 3.05) is 11.9 Å². The first-order valence-corrected chi connectivity index (χ1v) is 7.78. The van der Waals surface area contributed by atoms with Crippen molar-refractivity contribution in [3.8, 4) is 0 Å². The summed E-state index contributed by atoms with van der Waals surface area (Å²) in [4.78, 5) is 15.4. The zero-order chi connectivity index (χ0) is 13.2. The number of rotatable bonds is 4. The van der Waals surface area contributed by atoms with Gasteiger partial charge in [-0.3, -0.25) is 0 Å². The molecule has 0 saturated heterocycles. The molecule has 0 bridgehead atoms. The van der Waals surface area contributed by atoms with Gasteiger partial charge in [0, 0.05) is 23.2 Å². The van der Waals surface area contributed by atoms with Gasteiger partial charge in [0.05, 0.1) is 16.1 Å². The summed E-state index contributed by atoms with van der Waals surface area (Å²) in [6.07, 6.45) is 2.53. The van der Waals surface area contributed by atoms with Crippen molar-refractivity contribution >= 4 is 38.7 Å². The number of nitrogens with one attached hydrogen (secondary N) is 1. The predicted molar refractivity (Wildman–Crippen MR) is 81.2 cm³/mol. The molecule has 3 rings (SSSR count). The van der Waals surface area contributed by atoms with E-state index in [1.807, 2.05) is 6.92 Å². The van der Waals surface area contributed by atoms with E-state index < -0.39 is 0 Å². The molecule has 3 aromatic rings. The van der Waals surface area contributed by atoms with Crippen molar-refractivity contribution in [3.05, 3.63) is 33.4 Å². The fourth-order valence-corrected chi connectivity index (χ4v) is 3.44. The first-order chi connectivity index (χ1) is 9.22. The maximum absolute atomic E-state index is 4.46. The Kier molecular flexibility index (Phi) is 3.44. The Bertz CT molecular complexity index is 702. The van der Waals surface area contributed by atoms with Crippen molar-refractivity contribution in [3.63, 3.8) is 0 Å². The first kappa shape index (κ1) is 12.5. The number of anilines is 1. The molecular formula is C13H14N4S2. The second-order valence-corrected chi connectivity index (χ2v) is 6.63. The van der Waals surface area contributed by atoms with Crippen LogP contribution in [-0.4, -0.2) is 21.5 Å². The maximum atomic E-state index is 4.46. The molecule has 6 heteroatoms. The van der Waals surface area contributed by atoms with Crippen LogP contribution in [0.1, 0.15) is 15.6 Å². The molecular weight excluding hydrogens is 276 g/mol. The predicted octanol–water partition coefficient (Wildman–Crippen LogP) is 3.42. The Balaban J connectivity index is 1.71. The molecule has 0 saturated carbocycles. The number of thiazole rings is 1. The summed E-state index contributed by atoms with van der Waals surface area (Å²) in [5.74, 6) is 0.918. The minimum absolute atomic E-state index is 0.837. The third kappa shape index (κ3) is 2.74. The molecule has 0 aliphatic heterocycles. The van der Waals surface area contributed by atoms with Gasteiger partial charge in [-0.2, -0.15) is 0 Å². The third-order valence-corrected chi connectivity index (χ3v) is 4.57. The highest BCUT2D eigenvalue weighted by Gasteiger charge is 2.06. The minimum atomic E-state index is 0.837. The van der Waals surface area contributed by atoms with Gasteiger partial charge in [-0.05, 0) is 19.9 Å². The summed E-state index contributed by atoms with van der Waals surface area (Å²) in [6, 6.07) is 2.13. The lowest BCUT2D eigenvalue weighted by Crippen LogP contribution is -2.06. The lowest BCUT2D eigenvalue weighted by Gasteiger charge is -2.04. The Morgan fingerprint density at radius 1 is 1.26 bits per heavy atom. The minimum Gasteiger partial charge on any atom is -0.369 e. The molecule has 3 heterocycles. The SMILES string of the molecule is Cc1cc2c(NCCc3csc(C)n3)ncnc2s1. The monoisotopic (exact) mass is 290 g/mol. The molecule has 0 fully saturated rings. The molecule has 0 atom stereocenters. The van der Waals surface area contributed by atoms with Crippen molar-refractivity contribution in [2.24, 2.45) is 0 Å². The molecule has 98 valence electrons. The molecule has 0 aromatic carbocycles. The van der Waals surface area contributed by atoms with Crippen LogP contribution in [0.5, 0.6) is 0 Å². The topological polar surface area (TPSA) is 50.7 Å². The highest BCUT2D eigenvalue weighted by Crippen LogP contribution is 2.27. The van der Waals surface area contributed by atoms with Crippen LogP contribution in [0.15, 0.2) is 17.8 Å². The molecule has 0 amide bonds. The molecule has 0 aliphatic rings. The van der Waals surface area contributed by atoms with E-state index in [2.05, 4.69) is 38.6 Å². The van der Waals surface area contributed by atoms with Gasteiger partial charge in [-0.25, -0.2) is 15.0 Å². The van der Waals surface area contributed by atoms with Crippen LogP contribution in [0, 0.1) is 13.8 Å². The molecule has 1 N–H and O–H groups in total. The second kappa shape index (κ2) is 5.22. The van der Waals surface area contributed by atoms with E-state index >= 15 is 0 Å². The maximum Gasteiger partial charge on any atom is 0.138 e. The first-order valence-electron chi connectivity index (χ1n) is 6.08. The van der Waals surface area contributed by atoms with Crippen LogP contribution in [0.25, 0.3) is 10.2 Å². The zero-order valence-electron chi connectivity index (χ0n) is 10.8. The van der Waals surface area contributed by atoms with Gasteiger partial charge in [-0.1, -0.05) is 0 Å². The Hall–Kier alpha value is -1.53. The number of hydrogen-bond donors (Lipinski definition) is 1. The molecule has 0 spiro atoms. The van der Waals surface area contributed by atoms with Gasteiger partial charge in [0.25, 0.3) is 0 Å². The average Bonchev–Trinajstić information content (AvgIpc) is 2.95. The molecule has 4 nitrogen and oxygen atoms in total. The second-order valence-electron chi connectivity index (χ2n) is 4.33. The summed E-state index contributed by atoms with van der Waals surface area (Å²) in [6.45, 7) is 4.96. The summed E-state index contributed by atoms with van der Waals surface area (Å²) in [5, 5.41) is 7.72. The Labute approximate surface area is 119 Å². The lowest BCUT2D eigenvalue weighted by atomic mass is 10.3. The largest absolute Gasteiger partial charge is 0.369 e. The fraction of sp³-hybridized carbons (Fsp3) is 0.308. The van der Waals surface area contributed by atoms with E-state index in [1.54, 1.807) is 29.0 Å². The van der Waals surface area contributed by atoms with Crippen molar-refractivity contribution in [1.29, 1.82) is 0 Å². The number of fused-ring (bicyclic) bond motifs is 1. The van der Waals surface area contributed by atoms with E-state index in [9.17, 15) is 0 Å². The highest BCUT2D eigenvalue weighted by atomic mass is 32.1. The quantitative estimate of drug-likeness (QED) is 0.800. The molecule has 0 aliphatic carbocycles.